The lowest BCUT2D eigenvalue weighted by Crippen LogP contribution is -2.18. The van der Waals surface area contributed by atoms with Crippen molar-refractivity contribution >= 4 is 24.0 Å². The number of likely N-dealkylation sites (tertiary alicyclic amines) is 1. The van der Waals surface area contributed by atoms with E-state index >= 15 is 0 Å². The predicted octanol–water partition coefficient (Wildman–Crippen LogP) is 4.57. The van der Waals surface area contributed by atoms with Crippen LogP contribution in [0.5, 0.6) is 0 Å². The molecule has 0 aliphatic carbocycles. The Hall–Kier alpha value is -1.84. The van der Waals surface area contributed by atoms with E-state index in [9.17, 15) is 4.79 Å². The number of anilines is 1. The minimum absolute atomic E-state index is 0. The molecule has 0 radical (unpaired) electrons. The molecule has 1 aliphatic heterocycles. The fourth-order valence-electron chi connectivity index (χ4n) is 3.16. The first kappa shape index (κ1) is 18.5. The Morgan fingerprint density at radius 2 is 1.58 bits per heavy atom. The second kappa shape index (κ2) is 8.32. The second-order valence-corrected chi connectivity index (χ2v) is 6.40. The fraction of sp³-hybridized carbons (Fsp3) is 0.350. The van der Waals surface area contributed by atoms with E-state index in [1.807, 2.05) is 44.2 Å². The lowest BCUT2D eigenvalue weighted by atomic mass is 10.1. The van der Waals surface area contributed by atoms with Crippen LogP contribution >= 0.6 is 12.4 Å². The first-order valence-electron chi connectivity index (χ1n) is 8.32. The number of carbonyl (C=O) groups excluding carboxylic acids is 1. The molecule has 1 aliphatic rings. The molecule has 0 unspecified atom stereocenters. The van der Waals surface area contributed by atoms with Gasteiger partial charge in [0.05, 0.1) is 0 Å². The summed E-state index contributed by atoms with van der Waals surface area (Å²) in [5.41, 5.74) is 5.07. The summed E-state index contributed by atoms with van der Waals surface area (Å²) in [7, 11) is 0. The summed E-state index contributed by atoms with van der Waals surface area (Å²) in [5, 5.41) is 3.04. The van der Waals surface area contributed by atoms with Crippen molar-refractivity contribution in [1.82, 2.24) is 4.90 Å². The average Bonchev–Trinajstić information content (AvgIpc) is 3.04. The monoisotopic (exact) mass is 344 g/mol. The van der Waals surface area contributed by atoms with Crippen molar-refractivity contribution in [2.75, 3.05) is 18.4 Å². The van der Waals surface area contributed by atoms with Crippen LogP contribution in [0.1, 0.15) is 39.9 Å². The third-order valence-electron chi connectivity index (χ3n) is 4.54. The number of benzene rings is 2. The van der Waals surface area contributed by atoms with Gasteiger partial charge in [0.15, 0.2) is 0 Å². The molecule has 0 saturated carbocycles. The van der Waals surface area contributed by atoms with Crippen LogP contribution in [0, 0.1) is 13.8 Å². The first-order valence-corrected chi connectivity index (χ1v) is 8.32. The Morgan fingerprint density at radius 1 is 1.00 bits per heavy atom. The zero-order valence-electron chi connectivity index (χ0n) is 14.3. The minimum atomic E-state index is -0.0462. The van der Waals surface area contributed by atoms with Crippen molar-refractivity contribution in [1.29, 1.82) is 0 Å². The molecular weight excluding hydrogens is 320 g/mol. The van der Waals surface area contributed by atoms with Gasteiger partial charge in [0.1, 0.15) is 0 Å². The summed E-state index contributed by atoms with van der Waals surface area (Å²) in [5.74, 6) is -0.0462. The third kappa shape index (κ3) is 4.37. The molecule has 128 valence electrons. The molecule has 1 fully saturated rings. The van der Waals surface area contributed by atoms with Crippen LogP contribution in [0.3, 0.4) is 0 Å². The Labute approximate surface area is 150 Å². The Bertz CT molecular complexity index is 671. The van der Waals surface area contributed by atoms with Crippen molar-refractivity contribution < 1.29 is 4.79 Å². The van der Waals surface area contributed by atoms with Gasteiger partial charge in [-0.3, -0.25) is 9.69 Å². The molecule has 3 nitrogen and oxygen atoms in total. The van der Waals surface area contributed by atoms with Crippen LogP contribution in [0.4, 0.5) is 5.69 Å². The molecule has 0 aromatic heterocycles. The minimum Gasteiger partial charge on any atom is -0.322 e. The summed E-state index contributed by atoms with van der Waals surface area (Å²) in [6.07, 6.45) is 2.60. The lowest BCUT2D eigenvalue weighted by molar-refractivity contribution is 0.102. The number of amides is 1. The van der Waals surface area contributed by atoms with Crippen LogP contribution in [-0.4, -0.2) is 23.9 Å². The van der Waals surface area contributed by atoms with Crippen LogP contribution in [0.2, 0.25) is 0 Å². The van der Waals surface area contributed by atoms with E-state index in [1.165, 1.54) is 31.5 Å². The van der Waals surface area contributed by atoms with Crippen LogP contribution in [-0.2, 0) is 6.54 Å². The molecule has 1 amide bonds. The number of rotatable bonds is 4. The number of nitrogens with one attached hydrogen (secondary N) is 1. The van der Waals surface area contributed by atoms with E-state index in [0.29, 0.717) is 5.56 Å². The van der Waals surface area contributed by atoms with E-state index in [2.05, 4.69) is 22.3 Å². The van der Waals surface area contributed by atoms with Gasteiger partial charge in [-0.25, -0.2) is 0 Å². The first-order chi connectivity index (χ1) is 11.1. The molecule has 0 bridgehead atoms. The smallest absolute Gasteiger partial charge is 0.255 e. The van der Waals surface area contributed by atoms with Gasteiger partial charge in [-0.1, -0.05) is 30.3 Å². The standard InChI is InChI=1S/C20H24N2O.ClH/c1-15-6-5-7-16(2)19(15)21-20(23)18-10-8-17(9-11-18)14-22-12-3-4-13-22;/h5-11H,3-4,12-14H2,1-2H3,(H,21,23);1H. The normalized spacial score (nSPS) is 14.2. The van der Waals surface area contributed by atoms with Gasteiger partial charge in [0, 0.05) is 17.8 Å². The van der Waals surface area contributed by atoms with Gasteiger partial charge < -0.3 is 5.32 Å². The summed E-state index contributed by atoms with van der Waals surface area (Å²) >= 11 is 0. The molecule has 0 atom stereocenters. The van der Waals surface area contributed by atoms with Crippen molar-refractivity contribution in [2.45, 2.75) is 33.2 Å². The van der Waals surface area contributed by atoms with Crippen LogP contribution < -0.4 is 5.32 Å². The average molecular weight is 345 g/mol. The quantitative estimate of drug-likeness (QED) is 0.880. The zero-order chi connectivity index (χ0) is 16.2. The molecule has 2 aromatic rings. The highest BCUT2D eigenvalue weighted by Gasteiger charge is 2.13. The third-order valence-corrected chi connectivity index (χ3v) is 4.54. The van der Waals surface area contributed by atoms with E-state index in [-0.39, 0.29) is 18.3 Å². The molecule has 1 saturated heterocycles. The maximum absolute atomic E-state index is 12.5. The van der Waals surface area contributed by atoms with Gasteiger partial charge >= 0.3 is 0 Å². The molecule has 3 rings (SSSR count). The van der Waals surface area contributed by atoms with Gasteiger partial charge in [0.2, 0.25) is 0 Å². The summed E-state index contributed by atoms with van der Waals surface area (Å²) in [6, 6.07) is 14.0. The number of carbonyl (C=O) groups is 1. The van der Waals surface area contributed by atoms with Crippen molar-refractivity contribution in [3.8, 4) is 0 Å². The highest BCUT2D eigenvalue weighted by atomic mass is 35.5. The van der Waals surface area contributed by atoms with Gasteiger partial charge in [-0.2, -0.15) is 0 Å². The van der Waals surface area contributed by atoms with E-state index in [4.69, 9.17) is 0 Å². The zero-order valence-corrected chi connectivity index (χ0v) is 15.2. The maximum Gasteiger partial charge on any atom is 0.255 e. The van der Waals surface area contributed by atoms with E-state index in [0.717, 1.165) is 23.4 Å². The van der Waals surface area contributed by atoms with Crippen molar-refractivity contribution in [3.63, 3.8) is 0 Å². The summed E-state index contributed by atoms with van der Waals surface area (Å²) in [6.45, 7) is 7.39. The number of hydrogen-bond donors (Lipinski definition) is 1. The van der Waals surface area contributed by atoms with E-state index < -0.39 is 0 Å². The molecule has 0 spiro atoms. The topological polar surface area (TPSA) is 32.3 Å². The molecule has 1 N–H and O–H groups in total. The SMILES string of the molecule is Cc1cccc(C)c1NC(=O)c1ccc(CN2CCCC2)cc1.Cl. The number of nitrogens with zero attached hydrogens (tertiary/aromatic N) is 1. The largest absolute Gasteiger partial charge is 0.322 e. The Balaban J connectivity index is 0.00000208. The lowest BCUT2D eigenvalue weighted by Gasteiger charge is -2.15. The molecular formula is C20H25ClN2O. The predicted molar refractivity (Wildman–Crippen MR) is 102 cm³/mol. The molecule has 2 aromatic carbocycles. The van der Waals surface area contributed by atoms with E-state index in [1.54, 1.807) is 0 Å². The van der Waals surface area contributed by atoms with Crippen LogP contribution in [0.15, 0.2) is 42.5 Å². The number of halogens is 1. The maximum atomic E-state index is 12.5. The van der Waals surface area contributed by atoms with Crippen molar-refractivity contribution in [3.05, 3.63) is 64.7 Å². The van der Waals surface area contributed by atoms with Gasteiger partial charge in [-0.05, 0) is 68.6 Å². The Kier molecular flexibility index (Phi) is 6.41. The van der Waals surface area contributed by atoms with Gasteiger partial charge in [-0.15, -0.1) is 12.4 Å². The Morgan fingerprint density at radius 3 is 2.17 bits per heavy atom. The summed E-state index contributed by atoms with van der Waals surface area (Å²) in [4.78, 5) is 14.9. The fourth-order valence-corrected chi connectivity index (χ4v) is 3.16. The highest BCUT2D eigenvalue weighted by molar-refractivity contribution is 6.05. The molecule has 24 heavy (non-hydrogen) atoms. The molecule has 4 heteroatoms. The van der Waals surface area contributed by atoms with Crippen LogP contribution in [0.25, 0.3) is 0 Å². The highest BCUT2D eigenvalue weighted by Crippen LogP contribution is 2.20. The number of aryl methyl sites for hydroxylation is 2. The second-order valence-electron chi connectivity index (χ2n) is 6.40. The summed E-state index contributed by atoms with van der Waals surface area (Å²) < 4.78 is 0. The number of para-hydroxylation sites is 1. The van der Waals surface area contributed by atoms with Gasteiger partial charge in [0.25, 0.3) is 5.91 Å². The number of hydrogen-bond acceptors (Lipinski definition) is 2. The molecule has 1 heterocycles. The van der Waals surface area contributed by atoms with Crippen molar-refractivity contribution in [2.24, 2.45) is 0 Å².